The molecule has 3 aromatic carbocycles. The maximum atomic E-state index is 12.6. The van der Waals surface area contributed by atoms with Gasteiger partial charge in [0, 0.05) is 16.3 Å². The molecule has 0 unspecified atom stereocenters. The summed E-state index contributed by atoms with van der Waals surface area (Å²) in [7, 11) is 0. The number of nitrogens with one attached hydrogen (secondary N) is 1. The van der Waals surface area contributed by atoms with Crippen molar-refractivity contribution < 1.29 is 9.53 Å². The predicted molar refractivity (Wildman–Crippen MR) is 134 cm³/mol. The molecule has 4 aromatic rings. The van der Waals surface area contributed by atoms with Crippen molar-refractivity contribution in [1.29, 1.82) is 0 Å². The summed E-state index contributed by atoms with van der Waals surface area (Å²) in [5, 5.41) is 13.0. The lowest BCUT2D eigenvalue weighted by Crippen LogP contribution is -2.15. The van der Waals surface area contributed by atoms with Crippen LogP contribution < -0.4 is 10.1 Å². The molecule has 9 heteroatoms. The Bertz CT molecular complexity index is 1250. The minimum absolute atomic E-state index is 0.128. The Balaban J connectivity index is 1.58. The van der Waals surface area contributed by atoms with E-state index in [-0.39, 0.29) is 11.7 Å². The number of carbonyl (C=O) groups excluding carboxylic acids is 1. The van der Waals surface area contributed by atoms with Crippen LogP contribution in [0.1, 0.15) is 6.92 Å². The number of aromatic nitrogens is 3. The first-order valence-electron chi connectivity index (χ1n) is 10.2. The highest BCUT2D eigenvalue weighted by Gasteiger charge is 2.18. The molecule has 0 atom stereocenters. The van der Waals surface area contributed by atoms with Gasteiger partial charge in [-0.05, 0) is 49.4 Å². The highest BCUT2D eigenvalue weighted by Crippen LogP contribution is 2.30. The fourth-order valence-corrected chi connectivity index (χ4v) is 4.34. The second-order valence-corrected chi connectivity index (χ2v) is 8.68. The van der Waals surface area contributed by atoms with E-state index in [1.54, 1.807) is 18.2 Å². The summed E-state index contributed by atoms with van der Waals surface area (Å²) in [5.41, 5.74) is 2.29. The Morgan fingerprint density at radius 3 is 2.48 bits per heavy atom. The number of carbonyl (C=O) groups is 1. The number of thioether (sulfide) groups is 1. The van der Waals surface area contributed by atoms with Gasteiger partial charge in [0.25, 0.3) is 0 Å². The number of ether oxygens (including phenoxy) is 1. The zero-order chi connectivity index (χ0) is 23.2. The van der Waals surface area contributed by atoms with Crippen LogP contribution in [0.5, 0.6) is 5.75 Å². The fraction of sp³-hybridized carbons (Fsp3) is 0.125. The number of hydrogen-bond acceptors (Lipinski definition) is 5. The Labute approximate surface area is 205 Å². The Morgan fingerprint density at radius 2 is 1.79 bits per heavy atom. The van der Waals surface area contributed by atoms with Crippen LogP contribution in [0.25, 0.3) is 17.1 Å². The second kappa shape index (κ2) is 10.7. The summed E-state index contributed by atoms with van der Waals surface area (Å²) in [4.78, 5) is 12.6. The summed E-state index contributed by atoms with van der Waals surface area (Å²) in [6, 6.07) is 22.4. The Kier molecular flexibility index (Phi) is 7.54. The fourth-order valence-electron chi connectivity index (χ4n) is 3.14. The molecular formula is C24H20Cl2N4O2S. The quantitative estimate of drug-likeness (QED) is 0.285. The van der Waals surface area contributed by atoms with Crippen LogP contribution in [0.15, 0.2) is 78.0 Å². The largest absolute Gasteiger partial charge is 0.494 e. The summed E-state index contributed by atoms with van der Waals surface area (Å²) < 4.78 is 7.49. The standard InChI is InChI=1S/C24H20Cl2N4O2S/c1-2-32-19-11-9-18(10-12-19)30-23(16-6-4-3-5-7-16)28-29-24(30)33-15-22(31)27-21-13-8-17(25)14-20(21)26/h3-14H,2,15H2,1H3,(H,27,31). The van der Waals surface area contributed by atoms with Gasteiger partial charge in [0.15, 0.2) is 11.0 Å². The molecule has 0 saturated carbocycles. The summed E-state index contributed by atoms with van der Waals surface area (Å²) in [6.45, 7) is 2.54. The maximum absolute atomic E-state index is 12.6. The molecule has 0 fully saturated rings. The molecule has 1 heterocycles. The molecule has 1 aromatic heterocycles. The Hall–Kier alpha value is -3.00. The molecule has 0 aliphatic rings. The molecule has 1 N–H and O–H groups in total. The first kappa shape index (κ1) is 23.2. The van der Waals surface area contributed by atoms with Gasteiger partial charge in [-0.25, -0.2) is 0 Å². The molecule has 0 bridgehead atoms. The first-order valence-corrected chi connectivity index (χ1v) is 11.9. The van der Waals surface area contributed by atoms with Gasteiger partial charge < -0.3 is 10.1 Å². The van der Waals surface area contributed by atoms with Gasteiger partial charge in [0.1, 0.15) is 5.75 Å². The molecule has 0 aliphatic heterocycles. The van der Waals surface area contributed by atoms with Crippen LogP contribution in [-0.2, 0) is 4.79 Å². The van der Waals surface area contributed by atoms with Crippen LogP contribution in [0.3, 0.4) is 0 Å². The third-order valence-corrected chi connectivity index (χ3v) is 6.09. The molecule has 168 valence electrons. The Morgan fingerprint density at radius 1 is 1.03 bits per heavy atom. The van der Waals surface area contributed by atoms with Gasteiger partial charge in [-0.3, -0.25) is 9.36 Å². The number of nitrogens with zero attached hydrogens (tertiary/aromatic N) is 3. The summed E-state index contributed by atoms with van der Waals surface area (Å²) >= 11 is 13.4. The van der Waals surface area contributed by atoms with Crippen molar-refractivity contribution in [2.75, 3.05) is 17.7 Å². The van der Waals surface area contributed by atoms with Crippen LogP contribution in [0.4, 0.5) is 5.69 Å². The van der Waals surface area contributed by atoms with Crippen molar-refractivity contribution in [1.82, 2.24) is 14.8 Å². The first-order chi connectivity index (χ1) is 16.0. The van der Waals surface area contributed by atoms with Gasteiger partial charge in [0.05, 0.1) is 23.1 Å². The van der Waals surface area contributed by atoms with E-state index in [0.717, 1.165) is 17.0 Å². The number of rotatable bonds is 8. The zero-order valence-electron chi connectivity index (χ0n) is 17.7. The third kappa shape index (κ3) is 5.68. The van der Waals surface area contributed by atoms with Crippen LogP contribution in [-0.4, -0.2) is 33.0 Å². The van der Waals surface area contributed by atoms with E-state index in [1.165, 1.54) is 11.8 Å². The zero-order valence-corrected chi connectivity index (χ0v) is 20.0. The van der Waals surface area contributed by atoms with E-state index in [0.29, 0.717) is 33.3 Å². The maximum Gasteiger partial charge on any atom is 0.234 e. The summed E-state index contributed by atoms with van der Waals surface area (Å²) in [5.74, 6) is 1.38. The number of hydrogen-bond donors (Lipinski definition) is 1. The summed E-state index contributed by atoms with van der Waals surface area (Å²) in [6.07, 6.45) is 0. The van der Waals surface area contributed by atoms with Crippen LogP contribution in [0, 0.1) is 0 Å². The molecule has 33 heavy (non-hydrogen) atoms. The van der Waals surface area contributed by atoms with Gasteiger partial charge in [-0.2, -0.15) is 0 Å². The number of anilines is 1. The van der Waals surface area contributed by atoms with Gasteiger partial charge >= 0.3 is 0 Å². The number of amides is 1. The van der Waals surface area contributed by atoms with Gasteiger partial charge in [-0.1, -0.05) is 65.3 Å². The average Bonchev–Trinajstić information content (AvgIpc) is 3.25. The van der Waals surface area contributed by atoms with Crippen molar-refractivity contribution in [3.05, 3.63) is 82.8 Å². The SMILES string of the molecule is CCOc1ccc(-n2c(SCC(=O)Nc3ccc(Cl)cc3Cl)nnc2-c2ccccc2)cc1. The van der Waals surface area contributed by atoms with E-state index in [4.69, 9.17) is 27.9 Å². The lowest BCUT2D eigenvalue weighted by Gasteiger charge is -2.12. The van der Waals surface area contributed by atoms with Gasteiger partial charge in [0.2, 0.25) is 5.91 Å². The molecule has 4 rings (SSSR count). The average molecular weight is 499 g/mol. The molecule has 0 saturated heterocycles. The third-order valence-electron chi connectivity index (χ3n) is 4.61. The molecule has 1 amide bonds. The normalized spacial score (nSPS) is 10.8. The topological polar surface area (TPSA) is 69.0 Å². The number of benzene rings is 3. The molecule has 0 radical (unpaired) electrons. The highest BCUT2D eigenvalue weighted by atomic mass is 35.5. The minimum Gasteiger partial charge on any atom is -0.494 e. The van der Waals surface area contributed by atoms with E-state index >= 15 is 0 Å². The molecular weight excluding hydrogens is 479 g/mol. The van der Waals surface area contributed by atoms with E-state index in [1.807, 2.05) is 66.1 Å². The van der Waals surface area contributed by atoms with Crippen molar-refractivity contribution in [2.45, 2.75) is 12.1 Å². The van der Waals surface area contributed by atoms with Crippen LogP contribution in [0.2, 0.25) is 10.0 Å². The van der Waals surface area contributed by atoms with Crippen molar-refractivity contribution in [3.63, 3.8) is 0 Å². The molecule has 0 spiro atoms. The van der Waals surface area contributed by atoms with Crippen LogP contribution >= 0.6 is 35.0 Å². The van der Waals surface area contributed by atoms with E-state index in [9.17, 15) is 4.79 Å². The molecule has 6 nitrogen and oxygen atoms in total. The lowest BCUT2D eigenvalue weighted by atomic mass is 10.2. The van der Waals surface area contributed by atoms with Crippen molar-refractivity contribution in [2.24, 2.45) is 0 Å². The minimum atomic E-state index is -0.216. The predicted octanol–water partition coefficient (Wildman–Crippen LogP) is 6.37. The van der Waals surface area contributed by atoms with E-state index < -0.39 is 0 Å². The smallest absolute Gasteiger partial charge is 0.234 e. The van der Waals surface area contributed by atoms with Crippen molar-refractivity contribution in [3.8, 4) is 22.8 Å². The van der Waals surface area contributed by atoms with E-state index in [2.05, 4.69) is 15.5 Å². The van der Waals surface area contributed by atoms with Gasteiger partial charge in [-0.15, -0.1) is 10.2 Å². The molecule has 0 aliphatic carbocycles. The number of halogens is 2. The monoisotopic (exact) mass is 498 g/mol. The second-order valence-electron chi connectivity index (χ2n) is 6.90. The van der Waals surface area contributed by atoms with Crippen molar-refractivity contribution >= 4 is 46.6 Å². The lowest BCUT2D eigenvalue weighted by molar-refractivity contribution is -0.113. The highest BCUT2D eigenvalue weighted by molar-refractivity contribution is 7.99.